The molecule has 0 N–H and O–H groups in total. The molecule has 2 aromatic heterocycles. The molecule has 82 valence electrons. The molecular weight excluding hydrogens is 212 g/mol. The third kappa shape index (κ3) is 1.92. The van der Waals surface area contributed by atoms with Crippen molar-refractivity contribution in [1.82, 2.24) is 14.6 Å². The first-order valence-electron chi connectivity index (χ1n) is 5.30. The molecule has 0 fully saturated rings. The summed E-state index contributed by atoms with van der Waals surface area (Å²) in [5.74, 6) is 0. The van der Waals surface area contributed by atoms with Crippen molar-refractivity contribution in [2.75, 3.05) is 0 Å². The van der Waals surface area contributed by atoms with Crippen molar-refractivity contribution in [3.05, 3.63) is 60.7 Å². The van der Waals surface area contributed by atoms with Crippen LogP contribution in [-0.4, -0.2) is 20.9 Å². The van der Waals surface area contributed by atoms with Crippen LogP contribution in [0.3, 0.4) is 0 Å². The molecule has 0 aliphatic heterocycles. The number of pyridine rings is 1. The van der Waals surface area contributed by atoms with E-state index in [-0.39, 0.29) is 0 Å². The third-order valence-corrected chi connectivity index (χ3v) is 2.45. The molecule has 0 amide bonds. The summed E-state index contributed by atoms with van der Waals surface area (Å²) in [7, 11) is 0. The zero-order valence-corrected chi connectivity index (χ0v) is 9.06. The van der Waals surface area contributed by atoms with Gasteiger partial charge in [-0.25, -0.2) is 9.66 Å². The van der Waals surface area contributed by atoms with Gasteiger partial charge < -0.3 is 0 Å². The lowest BCUT2D eigenvalue weighted by Gasteiger charge is -1.95. The van der Waals surface area contributed by atoms with Crippen molar-refractivity contribution in [3.8, 4) is 0 Å². The molecule has 0 aliphatic rings. The highest BCUT2D eigenvalue weighted by molar-refractivity contribution is 5.80. The van der Waals surface area contributed by atoms with Gasteiger partial charge in [0.15, 0.2) is 0 Å². The van der Waals surface area contributed by atoms with Crippen molar-refractivity contribution < 1.29 is 0 Å². The SMILES string of the molecule is C(=Nn1cnc2ccccc21)c1cccnc1. The van der Waals surface area contributed by atoms with E-state index < -0.39 is 0 Å². The van der Waals surface area contributed by atoms with Gasteiger partial charge in [-0.05, 0) is 18.2 Å². The predicted molar refractivity (Wildman–Crippen MR) is 67.0 cm³/mol. The zero-order chi connectivity index (χ0) is 11.5. The van der Waals surface area contributed by atoms with Crippen molar-refractivity contribution in [2.45, 2.75) is 0 Å². The summed E-state index contributed by atoms with van der Waals surface area (Å²) in [6.07, 6.45) is 6.98. The highest BCUT2D eigenvalue weighted by Crippen LogP contribution is 2.11. The van der Waals surface area contributed by atoms with Crippen LogP contribution in [0.4, 0.5) is 0 Å². The maximum Gasteiger partial charge on any atom is 0.118 e. The molecule has 0 atom stereocenters. The number of imidazole rings is 1. The first-order chi connectivity index (χ1) is 8.43. The lowest BCUT2D eigenvalue weighted by molar-refractivity contribution is 0.914. The molecular formula is C13H10N4. The summed E-state index contributed by atoms with van der Waals surface area (Å²) in [6, 6.07) is 11.7. The van der Waals surface area contributed by atoms with E-state index in [1.807, 2.05) is 36.4 Å². The second kappa shape index (κ2) is 4.17. The quantitative estimate of drug-likeness (QED) is 0.624. The van der Waals surface area contributed by atoms with Gasteiger partial charge in [0.2, 0.25) is 0 Å². The Morgan fingerprint density at radius 2 is 2.06 bits per heavy atom. The molecule has 0 aliphatic carbocycles. The summed E-state index contributed by atoms with van der Waals surface area (Å²) < 4.78 is 1.75. The Morgan fingerprint density at radius 1 is 1.12 bits per heavy atom. The van der Waals surface area contributed by atoms with Gasteiger partial charge in [0.1, 0.15) is 6.33 Å². The first kappa shape index (κ1) is 9.72. The Kier molecular flexibility index (Phi) is 2.38. The second-order valence-electron chi connectivity index (χ2n) is 3.61. The van der Waals surface area contributed by atoms with Crippen molar-refractivity contribution in [2.24, 2.45) is 5.10 Å². The number of benzene rings is 1. The van der Waals surface area contributed by atoms with E-state index in [0.29, 0.717) is 0 Å². The van der Waals surface area contributed by atoms with E-state index in [1.165, 1.54) is 0 Å². The average Bonchev–Trinajstić information content (AvgIpc) is 2.81. The Labute approximate surface area is 98.3 Å². The molecule has 0 radical (unpaired) electrons. The first-order valence-corrected chi connectivity index (χ1v) is 5.30. The van der Waals surface area contributed by atoms with Gasteiger partial charge in [0.25, 0.3) is 0 Å². The number of fused-ring (bicyclic) bond motifs is 1. The maximum absolute atomic E-state index is 4.35. The van der Waals surface area contributed by atoms with Crippen LogP contribution in [0.2, 0.25) is 0 Å². The Hall–Kier alpha value is -2.49. The van der Waals surface area contributed by atoms with Gasteiger partial charge in [-0.1, -0.05) is 18.2 Å². The second-order valence-corrected chi connectivity index (χ2v) is 3.61. The van der Waals surface area contributed by atoms with Gasteiger partial charge in [0, 0.05) is 18.0 Å². The maximum atomic E-state index is 4.35. The summed E-state index contributed by atoms with van der Waals surface area (Å²) >= 11 is 0. The van der Waals surface area contributed by atoms with Crippen LogP contribution >= 0.6 is 0 Å². The highest BCUT2D eigenvalue weighted by atomic mass is 15.4. The van der Waals surface area contributed by atoms with E-state index in [2.05, 4.69) is 15.1 Å². The summed E-state index contributed by atoms with van der Waals surface area (Å²) in [6.45, 7) is 0. The molecule has 3 aromatic rings. The van der Waals surface area contributed by atoms with Crippen molar-refractivity contribution in [3.63, 3.8) is 0 Å². The number of para-hydroxylation sites is 2. The minimum Gasteiger partial charge on any atom is -0.264 e. The number of rotatable bonds is 2. The molecule has 0 unspecified atom stereocenters. The minimum atomic E-state index is 0.941. The average molecular weight is 222 g/mol. The van der Waals surface area contributed by atoms with E-state index >= 15 is 0 Å². The Balaban J connectivity index is 1.98. The number of hydrogen-bond donors (Lipinski definition) is 0. The molecule has 2 heterocycles. The fraction of sp³-hybridized carbons (Fsp3) is 0. The van der Waals surface area contributed by atoms with E-state index in [4.69, 9.17) is 0 Å². The summed E-state index contributed by atoms with van der Waals surface area (Å²) in [4.78, 5) is 8.30. The number of aromatic nitrogens is 3. The van der Waals surface area contributed by atoms with Crippen LogP contribution in [0, 0.1) is 0 Å². The lowest BCUT2D eigenvalue weighted by Crippen LogP contribution is -1.89. The number of hydrogen-bond acceptors (Lipinski definition) is 3. The summed E-state index contributed by atoms with van der Waals surface area (Å²) in [5.41, 5.74) is 2.90. The van der Waals surface area contributed by atoms with Gasteiger partial charge >= 0.3 is 0 Å². The monoisotopic (exact) mass is 222 g/mol. The van der Waals surface area contributed by atoms with Crippen LogP contribution < -0.4 is 0 Å². The zero-order valence-electron chi connectivity index (χ0n) is 9.06. The standard InChI is InChI=1S/C13H10N4/c1-2-6-13-12(5-1)15-10-17(13)16-9-11-4-3-7-14-8-11/h1-10H. The molecule has 1 aromatic carbocycles. The van der Waals surface area contributed by atoms with Crippen LogP contribution in [0.25, 0.3) is 11.0 Å². The number of nitrogens with zero attached hydrogens (tertiary/aromatic N) is 4. The topological polar surface area (TPSA) is 43.1 Å². The molecule has 0 saturated carbocycles. The van der Waals surface area contributed by atoms with Crippen LogP contribution in [0.15, 0.2) is 60.2 Å². The molecule has 0 bridgehead atoms. The van der Waals surface area contributed by atoms with Gasteiger partial charge in [-0.15, -0.1) is 0 Å². The molecule has 4 nitrogen and oxygen atoms in total. The Morgan fingerprint density at radius 3 is 2.94 bits per heavy atom. The molecule has 0 saturated heterocycles. The van der Waals surface area contributed by atoms with Gasteiger partial charge in [0.05, 0.1) is 17.2 Å². The smallest absolute Gasteiger partial charge is 0.118 e. The van der Waals surface area contributed by atoms with E-state index in [1.54, 1.807) is 29.6 Å². The third-order valence-electron chi connectivity index (χ3n) is 2.45. The van der Waals surface area contributed by atoms with Crippen molar-refractivity contribution >= 4 is 17.2 Å². The normalized spacial score (nSPS) is 11.3. The molecule has 17 heavy (non-hydrogen) atoms. The molecule has 4 heteroatoms. The Bertz CT molecular complexity index is 655. The largest absolute Gasteiger partial charge is 0.264 e. The van der Waals surface area contributed by atoms with Crippen LogP contribution in [0.1, 0.15) is 5.56 Å². The lowest BCUT2D eigenvalue weighted by atomic mass is 10.3. The van der Waals surface area contributed by atoms with Gasteiger partial charge in [-0.2, -0.15) is 5.10 Å². The van der Waals surface area contributed by atoms with Crippen molar-refractivity contribution in [1.29, 1.82) is 0 Å². The highest BCUT2D eigenvalue weighted by Gasteiger charge is 1.98. The van der Waals surface area contributed by atoms with E-state index in [9.17, 15) is 0 Å². The van der Waals surface area contributed by atoms with Crippen LogP contribution in [-0.2, 0) is 0 Å². The fourth-order valence-corrected chi connectivity index (χ4v) is 1.62. The summed E-state index contributed by atoms with van der Waals surface area (Å²) in [5, 5.41) is 4.35. The fourth-order valence-electron chi connectivity index (χ4n) is 1.62. The minimum absolute atomic E-state index is 0.941. The van der Waals surface area contributed by atoms with E-state index in [0.717, 1.165) is 16.6 Å². The molecule has 3 rings (SSSR count). The van der Waals surface area contributed by atoms with Crippen LogP contribution in [0.5, 0.6) is 0 Å². The van der Waals surface area contributed by atoms with Gasteiger partial charge in [-0.3, -0.25) is 4.98 Å². The predicted octanol–water partition coefficient (Wildman–Crippen LogP) is 2.31. The molecule has 0 spiro atoms.